The van der Waals surface area contributed by atoms with Crippen molar-refractivity contribution >= 4 is 23.6 Å². The van der Waals surface area contributed by atoms with E-state index in [2.05, 4.69) is 5.32 Å². The number of anilines is 1. The number of nitrogens with one attached hydrogen (secondary N) is 1. The summed E-state index contributed by atoms with van der Waals surface area (Å²) in [6.07, 6.45) is 4.98. The molecule has 0 unspecified atom stereocenters. The number of rotatable bonds is 6. The van der Waals surface area contributed by atoms with E-state index in [1.807, 2.05) is 49.4 Å². The summed E-state index contributed by atoms with van der Waals surface area (Å²) in [6.45, 7) is 2.75. The van der Waals surface area contributed by atoms with Crippen LogP contribution in [0, 0.1) is 0 Å². The third-order valence-electron chi connectivity index (χ3n) is 4.56. The number of nitrogens with zero attached hydrogens (tertiary/aromatic N) is 1. The van der Waals surface area contributed by atoms with Gasteiger partial charge in [0, 0.05) is 25.2 Å². The van der Waals surface area contributed by atoms with E-state index < -0.39 is 0 Å². The van der Waals surface area contributed by atoms with Crippen molar-refractivity contribution in [2.45, 2.75) is 19.8 Å². The van der Waals surface area contributed by atoms with Crippen LogP contribution in [-0.2, 0) is 22.4 Å². The second-order valence-electron chi connectivity index (χ2n) is 6.55. The second kappa shape index (κ2) is 8.54. The van der Waals surface area contributed by atoms with E-state index in [1.54, 1.807) is 13.1 Å². The van der Waals surface area contributed by atoms with Gasteiger partial charge in [-0.15, -0.1) is 0 Å². The Bertz CT molecular complexity index is 874. The van der Waals surface area contributed by atoms with Crippen molar-refractivity contribution in [1.29, 1.82) is 0 Å². The lowest BCUT2D eigenvalue weighted by Crippen LogP contribution is -2.34. The van der Waals surface area contributed by atoms with Gasteiger partial charge in [-0.1, -0.05) is 31.2 Å². The molecule has 0 bridgehead atoms. The molecule has 0 radical (unpaired) electrons. The number of carbonyl (C=O) groups is 2. The highest BCUT2D eigenvalue weighted by molar-refractivity contribution is 5.98. The van der Waals surface area contributed by atoms with Gasteiger partial charge in [0.15, 0.2) is 0 Å². The number of carbonyl (C=O) groups excluding carboxylic acids is 2. The Balaban J connectivity index is 1.56. The molecule has 0 saturated heterocycles. The van der Waals surface area contributed by atoms with E-state index in [0.717, 1.165) is 41.0 Å². The smallest absolute Gasteiger partial charge is 0.246 e. The first-order valence-electron chi connectivity index (χ1n) is 9.13. The molecule has 2 aromatic carbocycles. The van der Waals surface area contributed by atoms with Gasteiger partial charge >= 0.3 is 0 Å². The highest BCUT2D eigenvalue weighted by atomic mass is 16.5. The molecule has 0 saturated carbocycles. The molecule has 5 nitrogen and oxygen atoms in total. The molecule has 5 heteroatoms. The molecule has 0 spiro atoms. The summed E-state index contributed by atoms with van der Waals surface area (Å²) in [4.78, 5) is 25.9. The zero-order valence-electron chi connectivity index (χ0n) is 15.7. The average Bonchev–Trinajstić information content (AvgIpc) is 3.14. The highest BCUT2D eigenvalue weighted by Crippen LogP contribution is 2.26. The fourth-order valence-corrected chi connectivity index (χ4v) is 3.04. The fraction of sp³-hybridized carbons (Fsp3) is 0.273. The molecule has 1 heterocycles. The number of amides is 2. The van der Waals surface area contributed by atoms with Crippen molar-refractivity contribution in [3.05, 3.63) is 65.2 Å². The highest BCUT2D eigenvalue weighted by Gasteiger charge is 2.13. The number of benzene rings is 2. The normalized spacial score (nSPS) is 12.5. The third-order valence-corrected chi connectivity index (χ3v) is 4.56. The molecule has 0 aromatic heterocycles. The van der Waals surface area contributed by atoms with Crippen LogP contribution in [0.25, 0.3) is 6.08 Å². The molecule has 0 aliphatic carbocycles. The lowest BCUT2D eigenvalue weighted by atomic mass is 10.1. The fourth-order valence-electron chi connectivity index (χ4n) is 3.04. The van der Waals surface area contributed by atoms with E-state index in [1.165, 1.54) is 11.0 Å². The maximum atomic E-state index is 12.3. The summed E-state index contributed by atoms with van der Waals surface area (Å²) in [6, 6.07) is 13.6. The lowest BCUT2D eigenvalue weighted by molar-refractivity contribution is -0.129. The summed E-state index contributed by atoms with van der Waals surface area (Å²) in [5.74, 6) is 0.486. The number of ether oxygens (including phenoxy) is 1. The van der Waals surface area contributed by atoms with Gasteiger partial charge in [-0.05, 0) is 47.4 Å². The first-order valence-corrected chi connectivity index (χ1v) is 9.13. The Morgan fingerprint density at radius 3 is 2.85 bits per heavy atom. The van der Waals surface area contributed by atoms with Crippen LogP contribution in [0.5, 0.6) is 5.75 Å². The predicted octanol–water partition coefficient (Wildman–Crippen LogP) is 3.29. The van der Waals surface area contributed by atoms with Crippen LogP contribution in [0.15, 0.2) is 48.5 Å². The van der Waals surface area contributed by atoms with Gasteiger partial charge in [-0.3, -0.25) is 9.59 Å². The van der Waals surface area contributed by atoms with Crippen LogP contribution in [0.4, 0.5) is 5.69 Å². The second-order valence-corrected chi connectivity index (χ2v) is 6.55. The standard InChI is InChI=1S/C22H24N2O3/c1-3-17-6-4-5-7-19(17)23-21(25)15-24(2)22(26)11-9-16-8-10-20-18(14-16)12-13-27-20/h4-11,14H,3,12-13,15H2,1-2H3,(H,23,25)/b11-9+. The van der Waals surface area contributed by atoms with Crippen LogP contribution in [0.1, 0.15) is 23.6 Å². The first-order chi connectivity index (χ1) is 13.1. The Morgan fingerprint density at radius 1 is 1.22 bits per heavy atom. The SMILES string of the molecule is CCc1ccccc1NC(=O)CN(C)C(=O)/C=C/c1ccc2c(c1)CCO2. The van der Waals surface area contributed by atoms with Crippen molar-refractivity contribution in [2.75, 3.05) is 25.5 Å². The number of hydrogen-bond acceptors (Lipinski definition) is 3. The summed E-state index contributed by atoms with van der Waals surface area (Å²) in [5, 5.41) is 2.88. The third kappa shape index (κ3) is 4.76. The molecule has 0 fully saturated rings. The van der Waals surface area contributed by atoms with E-state index in [4.69, 9.17) is 4.74 Å². The molecule has 2 aromatic rings. The van der Waals surface area contributed by atoms with Crippen LogP contribution < -0.4 is 10.1 Å². The van der Waals surface area contributed by atoms with Gasteiger partial charge in [0.05, 0.1) is 13.2 Å². The number of likely N-dealkylation sites (N-methyl/N-ethyl adjacent to an activating group) is 1. The zero-order valence-corrected chi connectivity index (χ0v) is 15.7. The monoisotopic (exact) mass is 364 g/mol. The first kappa shape index (κ1) is 18.7. The maximum absolute atomic E-state index is 12.3. The van der Waals surface area contributed by atoms with E-state index in [9.17, 15) is 9.59 Å². The molecule has 2 amide bonds. The number of aryl methyl sites for hydroxylation is 1. The molecular weight excluding hydrogens is 340 g/mol. The van der Waals surface area contributed by atoms with Crippen molar-refractivity contribution < 1.29 is 14.3 Å². The van der Waals surface area contributed by atoms with Gasteiger partial charge in [-0.25, -0.2) is 0 Å². The molecule has 3 rings (SSSR count). The topological polar surface area (TPSA) is 58.6 Å². The van der Waals surface area contributed by atoms with Crippen molar-refractivity contribution in [3.8, 4) is 5.75 Å². The minimum absolute atomic E-state index is 0.000744. The number of hydrogen-bond donors (Lipinski definition) is 1. The van der Waals surface area contributed by atoms with Gasteiger partial charge in [-0.2, -0.15) is 0 Å². The maximum Gasteiger partial charge on any atom is 0.246 e. The van der Waals surface area contributed by atoms with Crippen LogP contribution >= 0.6 is 0 Å². The van der Waals surface area contributed by atoms with E-state index in [-0.39, 0.29) is 18.4 Å². The molecule has 1 aliphatic rings. The zero-order chi connectivity index (χ0) is 19.2. The molecular formula is C22H24N2O3. The molecule has 1 N–H and O–H groups in total. The number of fused-ring (bicyclic) bond motifs is 1. The largest absolute Gasteiger partial charge is 0.493 e. The van der Waals surface area contributed by atoms with E-state index in [0.29, 0.717) is 6.61 Å². The van der Waals surface area contributed by atoms with Gasteiger partial charge in [0.2, 0.25) is 11.8 Å². The van der Waals surface area contributed by atoms with Gasteiger partial charge < -0.3 is 15.0 Å². The average molecular weight is 364 g/mol. The molecule has 140 valence electrons. The van der Waals surface area contributed by atoms with Crippen LogP contribution in [-0.4, -0.2) is 36.9 Å². The molecule has 1 aliphatic heterocycles. The Kier molecular flexibility index (Phi) is 5.91. The Labute approximate surface area is 159 Å². The lowest BCUT2D eigenvalue weighted by Gasteiger charge is -2.16. The van der Waals surface area contributed by atoms with Crippen LogP contribution in [0.2, 0.25) is 0 Å². The molecule has 27 heavy (non-hydrogen) atoms. The minimum Gasteiger partial charge on any atom is -0.493 e. The summed E-state index contributed by atoms with van der Waals surface area (Å²) in [7, 11) is 1.62. The molecule has 0 atom stereocenters. The van der Waals surface area contributed by atoms with Crippen molar-refractivity contribution in [1.82, 2.24) is 4.90 Å². The van der Waals surface area contributed by atoms with Crippen molar-refractivity contribution in [2.24, 2.45) is 0 Å². The van der Waals surface area contributed by atoms with Gasteiger partial charge in [0.1, 0.15) is 5.75 Å². The predicted molar refractivity (Wildman–Crippen MR) is 107 cm³/mol. The minimum atomic E-state index is -0.217. The summed E-state index contributed by atoms with van der Waals surface area (Å²) >= 11 is 0. The van der Waals surface area contributed by atoms with Crippen LogP contribution in [0.3, 0.4) is 0 Å². The Hall–Kier alpha value is -3.08. The summed E-state index contributed by atoms with van der Waals surface area (Å²) in [5.41, 5.74) is 3.97. The number of para-hydroxylation sites is 1. The quantitative estimate of drug-likeness (QED) is 0.800. The summed E-state index contributed by atoms with van der Waals surface area (Å²) < 4.78 is 5.48. The Morgan fingerprint density at radius 2 is 2.04 bits per heavy atom. The van der Waals surface area contributed by atoms with E-state index >= 15 is 0 Å². The van der Waals surface area contributed by atoms with Gasteiger partial charge in [0.25, 0.3) is 0 Å². The van der Waals surface area contributed by atoms with Crippen molar-refractivity contribution in [3.63, 3.8) is 0 Å².